The third kappa shape index (κ3) is 5.12. The van der Waals surface area contributed by atoms with Gasteiger partial charge >= 0.3 is 5.97 Å². The lowest BCUT2D eigenvalue weighted by molar-refractivity contribution is -0.146. The molecule has 3 N–H and O–H groups in total. The van der Waals surface area contributed by atoms with E-state index in [2.05, 4.69) is 5.32 Å². The van der Waals surface area contributed by atoms with E-state index in [1.165, 1.54) is 0 Å². The Morgan fingerprint density at radius 1 is 1.24 bits per heavy atom. The van der Waals surface area contributed by atoms with Crippen molar-refractivity contribution in [1.82, 2.24) is 5.32 Å². The minimum Gasteiger partial charge on any atom is -0.479 e. The van der Waals surface area contributed by atoms with Crippen molar-refractivity contribution in [3.05, 3.63) is 35.9 Å². The number of aliphatic carboxylic acids is 1. The number of rotatable bonds is 6. The normalized spacial score (nSPS) is 11.8. The molecule has 0 aliphatic heterocycles. The van der Waals surface area contributed by atoms with Crippen LogP contribution in [0, 0.1) is 0 Å². The van der Waals surface area contributed by atoms with Crippen molar-refractivity contribution < 1.29 is 19.8 Å². The lowest BCUT2D eigenvalue weighted by Gasteiger charge is -2.07. The number of benzene rings is 1. The van der Waals surface area contributed by atoms with E-state index in [0.29, 0.717) is 6.42 Å². The van der Waals surface area contributed by atoms with Crippen molar-refractivity contribution >= 4 is 11.9 Å². The molecule has 0 fully saturated rings. The quantitative estimate of drug-likeness (QED) is 0.658. The number of hydrogen-bond acceptors (Lipinski definition) is 3. The van der Waals surface area contributed by atoms with E-state index >= 15 is 0 Å². The maximum Gasteiger partial charge on any atom is 0.334 e. The van der Waals surface area contributed by atoms with Crippen LogP contribution >= 0.6 is 0 Å². The highest BCUT2D eigenvalue weighted by molar-refractivity contribution is 5.78. The standard InChI is InChI=1S/C12H15NO4/c14-10(12(16)17)8-13-11(15)7-6-9-4-2-1-3-5-9/h1-5,10,14H,6-8H2,(H,13,15)(H,16,17). The van der Waals surface area contributed by atoms with Crippen LogP contribution in [0.25, 0.3) is 0 Å². The maximum atomic E-state index is 11.3. The number of nitrogens with one attached hydrogen (secondary N) is 1. The third-order valence-corrected chi connectivity index (χ3v) is 2.26. The van der Waals surface area contributed by atoms with Crippen molar-refractivity contribution in [1.29, 1.82) is 0 Å². The summed E-state index contributed by atoms with van der Waals surface area (Å²) < 4.78 is 0. The summed E-state index contributed by atoms with van der Waals surface area (Å²) in [7, 11) is 0. The Hall–Kier alpha value is -1.88. The fourth-order valence-electron chi connectivity index (χ4n) is 1.29. The fourth-order valence-corrected chi connectivity index (χ4v) is 1.29. The summed E-state index contributed by atoms with van der Waals surface area (Å²) in [6, 6.07) is 9.51. The number of aliphatic hydroxyl groups is 1. The van der Waals surface area contributed by atoms with Crippen molar-refractivity contribution in [3.8, 4) is 0 Å². The number of carboxylic acids is 1. The Balaban J connectivity index is 2.24. The van der Waals surface area contributed by atoms with Gasteiger partial charge < -0.3 is 15.5 Å². The van der Waals surface area contributed by atoms with Crippen LogP contribution in [-0.4, -0.2) is 34.7 Å². The number of carboxylic acid groups (broad SMARTS) is 1. The molecule has 0 radical (unpaired) electrons. The molecule has 92 valence electrons. The van der Waals surface area contributed by atoms with E-state index in [1.807, 2.05) is 30.3 Å². The molecule has 1 rings (SSSR count). The number of carbonyl (C=O) groups is 2. The molecule has 0 heterocycles. The highest BCUT2D eigenvalue weighted by Crippen LogP contribution is 2.01. The van der Waals surface area contributed by atoms with Crippen molar-refractivity contribution in [3.63, 3.8) is 0 Å². The minimum atomic E-state index is -1.55. The number of aryl methyl sites for hydroxylation is 1. The molecule has 0 saturated heterocycles. The van der Waals surface area contributed by atoms with Gasteiger partial charge in [0.2, 0.25) is 5.91 Å². The van der Waals surface area contributed by atoms with E-state index in [1.54, 1.807) is 0 Å². The SMILES string of the molecule is O=C(CCc1ccccc1)NCC(O)C(=O)O. The van der Waals surface area contributed by atoms with Crippen LogP contribution in [-0.2, 0) is 16.0 Å². The van der Waals surface area contributed by atoms with Crippen LogP contribution in [0.2, 0.25) is 0 Å². The van der Waals surface area contributed by atoms with Gasteiger partial charge in [0.1, 0.15) is 0 Å². The van der Waals surface area contributed by atoms with Gasteiger partial charge in [-0.3, -0.25) is 4.79 Å². The second kappa shape index (κ2) is 6.65. The van der Waals surface area contributed by atoms with E-state index < -0.39 is 12.1 Å². The minimum absolute atomic E-state index is 0.261. The number of amides is 1. The zero-order valence-electron chi connectivity index (χ0n) is 9.30. The summed E-state index contributed by atoms with van der Waals surface area (Å²) >= 11 is 0. The molecular weight excluding hydrogens is 222 g/mol. The van der Waals surface area contributed by atoms with Crippen molar-refractivity contribution in [2.45, 2.75) is 18.9 Å². The Bertz CT molecular complexity index is 377. The van der Waals surface area contributed by atoms with E-state index in [9.17, 15) is 9.59 Å². The lowest BCUT2D eigenvalue weighted by Crippen LogP contribution is -2.36. The lowest BCUT2D eigenvalue weighted by atomic mass is 10.1. The molecule has 17 heavy (non-hydrogen) atoms. The molecule has 1 amide bonds. The number of carbonyl (C=O) groups excluding carboxylic acids is 1. The summed E-state index contributed by atoms with van der Waals surface area (Å²) in [6.07, 6.45) is -0.678. The van der Waals surface area contributed by atoms with Gasteiger partial charge in [-0.2, -0.15) is 0 Å². The van der Waals surface area contributed by atoms with E-state index in [-0.39, 0.29) is 18.9 Å². The summed E-state index contributed by atoms with van der Waals surface area (Å²) in [5.41, 5.74) is 1.04. The highest BCUT2D eigenvalue weighted by Gasteiger charge is 2.13. The smallest absolute Gasteiger partial charge is 0.334 e. The molecule has 0 aliphatic carbocycles. The van der Waals surface area contributed by atoms with E-state index in [4.69, 9.17) is 10.2 Å². The average Bonchev–Trinajstić information content (AvgIpc) is 2.34. The first-order valence-corrected chi connectivity index (χ1v) is 5.31. The van der Waals surface area contributed by atoms with Crippen LogP contribution in [0.3, 0.4) is 0 Å². The monoisotopic (exact) mass is 237 g/mol. The Kier molecular flexibility index (Phi) is 5.16. The first-order chi connectivity index (χ1) is 8.09. The Labute approximate surface area is 99.1 Å². The van der Waals surface area contributed by atoms with Gasteiger partial charge in [-0.05, 0) is 12.0 Å². The maximum absolute atomic E-state index is 11.3. The average molecular weight is 237 g/mol. The van der Waals surface area contributed by atoms with Gasteiger partial charge in [-0.25, -0.2) is 4.79 Å². The van der Waals surface area contributed by atoms with Crippen LogP contribution in [0.5, 0.6) is 0 Å². The summed E-state index contributed by atoms with van der Waals surface area (Å²) in [6.45, 7) is -0.261. The molecule has 0 aromatic heterocycles. The molecule has 1 atom stereocenters. The molecule has 5 heteroatoms. The molecule has 5 nitrogen and oxygen atoms in total. The largest absolute Gasteiger partial charge is 0.479 e. The van der Waals surface area contributed by atoms with Gasteiger partial charge in [0.15, 0.2) is 6.10 Å². The Morgan fingerprint density at radius 3 is 2.47 bits per heavy atom. The second-order valence-corrected chi connectivity index (χ2v) is 3.64. The van der Waals surface area contributed by atoms with Gasteiger partial charge in [0.25, 0.3) is 0 Å². The van der Waals surface area contributed by atoms with Crippen molar-refractivity contribution in [2.75, 3.05) is 6.54 Å². The summed E-state index contributed by atoms with van der Waals surface area (Å²) in [5.74, 6) is -1.61. The highest BCUT2D eigenvalue weighted by atomic mass is 16.4. The summed E-state index contributed by atoms with van der Waals surface area (Å²) in [5, 5.41) is 19.7. The van der Waals surface area contributed by atoms with Crippen LogP contribution in [0.1, 0.15) is 12.0 Å². The van der Waals surface area contributed by atoms with Crippen LogP contribution in [0.15, 0.2) is 30.3 Å². The third-order valence-electron chi connectivity index (χ3n) is 2.26. The van der Waals surface area contributed by atoms with Gasteiger partial charge in [-0.15, -0.1) is 0 Å². The number of aliphatic hydroxyl groups excluding tert-OH is 1. The Morgan fingerprint density at radius 2 is 1.88 bits per heavy atom. The predicted octanol–water partition coefficient (Wildman–Crippen LogP) is 0.181. The van der Waals surface area contributed by atoms with Crippen LogP contribution in [0.4, 0.5) is 0 Å². The zero-order valence-corrected chi connectivity index (χ0v) is 9.30. The number of hydrogen-bond donors (Lipinski definition) is 3. The zero-order chi connectivity index (χ0) is 12.7. The van der Waals surface area contributed by atoms with Gasteiger partial charge in [0.05, 0.1) is 6.54 Å². The molecule has 1 unspecified atom stereocenters. The van der Waals surface area contributed by atoms with E-state index in [0.717, 1.165) is 5.56 Å². The first kappa shape index (κ1) is 13.2. The topological polar surface area (TPSA) is 86.6 Å². The van der Waals surface area contributed by atoms with Gasteiger partial charge in [-0.1, -0.05) is 30.3 Å². The van der Waals surface area contributed by atoms with Crippen LogP contribution < -0.4 is 5.32 Å². The summed E-state index contributed by atoms with van der Waals surface area (Å²) in [4.78, 5) is 21.6. The van der Waals surface area contributed by atoms with Crippen molar-refractivity contribution in [2.24, 2.45) is 0 Å². The second-order valence-electron chi connectivity index (χ2n) is 3.64. The predicted molar refractivity (Wildman–Crippen MR) is 61.4 cm³/mol. The molecule has 0 saturated carbocycles. The molecule has 1 aromatic rings. The first-order valence-electron chi connectivity index (χ1n) is 5.31. The van der Waals surface area contributed by atoms with Gasteiger partial charge in [0, 0.05) is 6.42 Å². The fraction of sp³-hybridized carbons (Fsp3) is 0.333. The molecule has 0 aliphatic rings. The molecule has 0 bridgehead atoms. The molecular formula is C12H15NO4. The molecule has 0 spiro atoms. The molecule has 1 aromatic carbocycles.